The van der Waals surface area contributed by atoms with Crippen LogP contribution < -0.4 is 5.32 Å². The number of hydrogen-bond donors (Lipinski definition) is 7. The molecular weight excluding hydrogens is 807 g/mol. The quantitative estimate of drug-likeness (QED) is 0.0232. The average molecular weight is 906 g/mol. The number of rotatable bonds is 44. The fourth-order valence-electron chi connectivity index (χ4n) is 8.13. The Balaban J connectivity index is 2.28. The van der Waals surface area contributed by atoms with Gasteiger partial charge in [0.05, 0.1) is 25.4 Å². The molecule has 7 N–H and O–H groups in total. The van der Waals surface area contributed by atoms with E-state index in [0.29, 0.717) is 19.3 Å². The van der Waals surface area contributed by atoms with Crippen molar-refractivity contribution in [1.82, 2.24) is 5.32 Å². The van der Waals surface area contributed by atoms with Gasteiger partial charge in [0.25, 0.3) is 0 Å². The van der Waals surface area contributed by atoms with Gasteiger partial charge in [-0.25, -0.2) is 0 Å². The summed E-state index contributed by atoms with van der Waals surface area (Å²) in [6.07, 6.45) is 46.5. The monoisotopic (exact) mass is 906 g/mol. The lowest BCUT2D eigenvalue weighted by molar-refractivity contribution is -0.302. The highest BCUT2D eigenvalue weighted by atomic mass is 16.7. The van der Waals surface area contributed by atoms with Gasteiger partial charge in [0.2, 0.25) is 5.91 Å². The molecule has 1 saturated heterocycles. The van der Waals surface area contributed by atoms with Crippen LogP contribution >= 0.6 is 0 Å². The fraction of sp³-hybridized carbons (Fsp3) is 0.833. The number of carbonyl (C=O) groups is 1. The Morgan fingerprint density at radius 3 is 1.39 bits per heavy atom. The first-order valence-electron chi connectivity index (χ1n) is 26.5. The third kappa shape index (κ3) is 32.7. The lowest BCUT2D eigenvalue weighted by Gasteiger charge is -2.40. The van der Waals surface area contributed by atoms with Gasteiger partial charge in [0, 0.05) is 0 Å². The number of nitrogens with one attached hydrogen (secondary N) is 1. The van der Waals surface area contributed by atoms with Crippen molar-refractivity contribution in [3.05, 3.63) is 48.6 Å². The van der Waals surface area contributed by atoms with Gasteiger partial charge < -0.3 is 45.4 Å². The highest BCUT2D eigenvalue weighted by Crippen LogP contribution is 2.23. The predicted molar refractivity (Wildman–Crippen MR) is 264 cm³/mol. The van der Waals surface area contributed by atoms with Gasteiger partial charge in [-0.3, -0.25) is 4.79 Å². The Hall–Kier alpha value is -1.89. The maximum absolute atomic E-state index is 13.1. The molecule has 1 amide bonds. The highest BCUT2D eigenvalue weighted by molar-refractivity contribution is 5.80. The second kappa shape index (κ2) is 43.7. The van der Waals surface area contributed by atoms with Gasteiger partial charge in [-0.05, 0) is 70.6 Å². The van der Waals surface area contributed by atoms with E-state index < -0.39 is 61.5 Å². The van der Waals surface area contributed by atoms with E-state index in [1.165, 1.54) is 148 Å². The molecule has 0 aromatic heterocycles. The summed E-state index contributed by atoms with van der Waals surface area (Å²) in [4.78, 5) is 13.1. The summed E-state index contributed by atoms with van der Waals surface area (Å²) in [6, 6.07) is -1.00. The molecule has 10 nitrogen and oxygen atoms in total. The molecule has 0 spiro atoms. The topological polar surface area (TPSA) is 169 Å². The van der Waals surface area contributed by atoms with E-state index in [-0.39, 0.29) is 6.61 Å². The standard InChI is InChI=1S/C54H99NO9/c1-3-5-7-9-11-13-15-17-18-19-20-21-22-23-24-25-26-27-28-29-31-33-35-37-39-41-43-48(58)53(62)55-46(45-63-54-52(61)51(60)50(59)49(44-56)64-54)47(57)42-40-38-36-34-32-30-16-14-12-10-8-6-4-2/h12,14,23-24,32,34,40,42,46-52,54,56-61H,3-11,13,15-22,25-31,33,35-39,41,43-45H2,1-2H3,(H,55,62)/b14-12+,24-23-,34-32+,42-40+. The molecule has 0 saturated carbocycles. The fourth-order valence-corrected chi connectivity index (χ4v) is 8.13. The minimum Gasteiger partial charge on any atom is -0.394 e. The molecular formula is C54H99NO9. The molecule has 0 bridgehead atoms. The van der Waals surface area contributed by atoms with Gasteiger partial charge in [0.1, 0.15) is 30.5 Å². The Kier molecular flexibility index (Phi) is 41.0. The number of aliphatic hydroxyl groups excluding tert-OH is 6. The number of allylic oxidation sites excluding steroid dienone is 7. The van der Waals surface area contributed by atoms with Crippen LogP contribution in [0.4, 0.5) is 0 Å². The lowest BCUT2D eigenvalue weighted by Crippen LogP contribution is -2.60. The molecule has 374 valence electrons. The number of amides is 1. The number of hydrogen-bond acceptors (Lipinski definition) is 9. The smallest absolute Gasteiger partial charge is 0.249 e. The minimum absolute atomic E-state index is 0.298. The van der Waals surface area contributed by atoms with Crippen LogP contribution in [0.5, 0.6) is 0 Å². The van der Waals surface area contributed by atoms with Crippen LogP contribution in [0.15, 0.2) is 48.6 Å². The number of unbranched alkanes of at least 4 members (excludes halogenated alkanes) is 27. The number of ether oxygens (including phenoxy) is 2. The predicted octanol–water partition coefficient (Wildman–Crippen LogP) is 11.1. The van der Waals surface area contributed by atoms with Crippen molar-refractivity contribution in [2.24, 2.45) is 0 Å². The van der Waals surface area contributed by atoms with Crippen molar-refractivity contribution >= 4 is 5.91 Å². The first-order chi connectivity index (χ1) is 31.3. The van der Waals surface area contributed by atoms with Crippen LogP contribution in [0.25, 0.3) is 0 Å². The molecule has 1 aliphatic rings. The van der Waals surface area contributed by atoms with Gasteiger partial charge in [-0.15, -0.1) is 0 Å². The zero-order chi connectivity index (χ0) is 46.7. The van der Waals surface area contributed by atoms with Crippen molar-refractivity contribution < 1.29 is 44.9 Å². The minimum atomic E-state index is -1.62. The average Bonchev–Trinajstić information content (AvgIpc) is 3.29. The third-order valence-electron chi connectivity index (χ3n) is 12.5. The van der Waals surface area contributed by atoms with E-state index in [9.17, 15) is 35.4 Å². The third-order valence-corrected chi connectivity index (χ3v) is 12.5. The van der Waals surface area contributed by atoms with Crippen molar-refractivity contribution in [1.29, 1.82) is 0 Å². The summed E-state index contributed by atoms with van der Waals surface area (Å²) in [7, 11) is 0. The molecule has 10 heteroatoms. The zero-order valence-electron chi connectivity index (χ0n) is 40.9. The van der Waals surface area contributed by atoms with Crippen LogP contribution in [0.1, 0.15) is 226 Å². The molecule has 1 rings (SSSR count). The van der Waals surface area contributed by atoms with Gasteiger partial charge in [-0.1, -0.05) is 204 Å². The second-order valence-corrected chi connectivity index (χ2v) is 18.4. The first-order valence-corrected chi connectivity index (χ1v) is 26.5. The summed E-state index contributed by atoms with van der Waals surface area (Å²) in [6.45, 7) is 3.56. The summed E-state index contributed by atoms with van der Waals surface area (Å²) >= 11 is 0. The summed E-state index contributed by atoms with van der Waals surface area (Å²) in [5.41, 5.74) is 0. The van der Waals surface area contributed by atoms with Gasteiger partial charge in [-0.2, -0.15) is 0 Å². The largest absolute Gasteiger partial charge is 0.394 e. The Morgan fingerprint density at radius 2 is 0.922 bits per heavy atom. The summed E-state index contributed by atoms with van der Waals surface area (Å²) < 4.78 is 11.1. The van der Waals surface area contributed by atoms with Crippen LogP contribution in [0, 0.1) is 0 Å². The highest BCUT2D eigenvalue weighted by Gasteiger charge is 2.44. The zero-order valence-corrected chi connectivity index (χ0v) is 40.9. The van der Waals surface area contributed by atoms with Crippen molar-refractivity contribution in [3.63, 3.8) is 0 Å². The lowest BCUT2D eigenvalue weighted by atomic mass is 9.99. The Bertz CT molecular complexity index is 1160. The van der Waals surface area contributed by atoms with Crippen LogP contribution in [-0.2, 0) is 14.3 Å². The molecule has 64 heavy (non-hydrogen) atoms. The van der Waals surface area contributed by atoms with Gasteiger partial charge >= 0.3 is 0 Å². The van der Waals surface area contributed by atoms with E-state index in [1.807, 2.05) is 6.08 Å². The first kappa shape index (κ1) is 60.1. The SMILES string of the molecule is CCCCC/C=C/CC/C=C/CC/C=C/C(O)C(COC1OC(CO)C(O)C(O)C1O)NC(=O)C(O)CCCCCCCCCCCC/C=C\CCCCCCCCCCCCCC. The van der Waals surface area contributed by atoms with Gasteiger partial charge in [0.15, 0.2) is 6.29 Å². The molecule has 8 unspecified atom stereocenters. The van der Waals surface area contributed by atoms with Crippen molar-refractivity contribution in [2.75, 3.05) is 13.2 Å². The number of aliphatic hydroxyl groups is 6. The molecule has 0 aromatic carbocycles. The molecule has 0 aromatic rings. The van der Waals surface area contributed by atoms with E-state index >= 15 is 0 Å². The van der Waals surface area contributed by atoms with Crippen LogP contribution in [0.2, 0.25) is 0 Å². The van der Waals surface area contributed by atoms with E-state index in [2.05, 4.69) is 55.6 Å². The summed E-state index contributed by atoms with van der Waals surface area (Å²) in [5, 5.41) is 64.7. The van der Waals surface area contributed by atoms with Crippen molar-refractivity contribution in [2.45, 2.75) is 275 Å². The molecule has 1 heterocycles. The van der Waals surface area contributed by atoms with Crippen LogP contribution in [0.3, 0.4) is 0 Å². The maximum atomic E-state index is 13.1. The van der Waals surface area contributed by atoms with E-state index in [1.54, 1.807) is 6.08 Å². The molecule has 8 atom stereocenters. The molecule has 0 radical (unpaired) electrons. The van der Waals surface area contributed by atoms with E-state index in [4.69, 9.17) is 9.47 Å². The Morgan fingerprint density at radius 1 is 0.531 bits per heavy atom. The number of carbonyl (C=O) groups excluding carboxylic acids is 1. The normalized spacial score (nSPS) is 20.9. The second-order valence-electron chi connectivity index (χ2n) is 18.4. The van der Waals surface area contributed by atoms with Crippen LogP contribution in [-0.4, -0.2) is 98.7 Å². The Labute approximate surface area is 391 Å². The molecule has 1 fully saturated rings. The van der Waals surface area contributed by atoms with E-state index in [0.717, 1.165) is 44.9 Å². The molecule has 1 aliphatic heterocycles. The maximum Gasteiger partial charge on any atom is 0.249 e. The van der Waals surface area contributed by atoms with Crippen molar-refractivity contribution in [3.8, 4) is 0 Å². The molecule has 0 aliphatic carbocycles. The summed E-state index contributed by atoms with van der Waals surface area (Å²) in [5.74, 6) is -0.632.